The summed E-state index contributed by atoms with van der Waals surface area (Å²) in [5.41, 5.74) is -4.90. The fourth-order valence-corrected chi connectivity index (χ4v) is 3.84. The highest BCUT2D eigenvalue weighted by Gasteiger charge is 2.47. The Morgan fingerprint density at radius 1 is 1.00 bits per heavy atom. The zero-order valence-corrected chi connectivity index (χ0v) is 16.6. The number of hydrogen-bond acceptors (Lipinski definition) is 2. The van der Waals surface area contributed by atoms with Gasteiger partial charge in [-0.05, 0) is 37.1 Å². The van der Waals surface area contributed by atoms with Crippen LogP contribution in [0.5, 0.6) is 0 Å². The average molecular weight is 460 g/mol. The van der Waals surface area contributed by atoms with Crippen molar-refractivity contribution in [1.29, 1.82) is 0 Å². The van der Waals surface area contributed by atoms with Crippen LogP contribution in [0, 0.1) is 0 Å². The van der Waals surface area contributed by atoms with Crippen molar-refractivity contribution in [2.75, 3.05) is 6.54 Å². The van der Waals surface area contributed by atoms with E-state index in [2.05, 4.69) is 5.32 Å². The molecule has 1 heterocycles. The quantitative estimate of drug-likeness (QED) is 0.608. The Morgan fingerprint density at radius 2 is 1.53 bits per heavy atom. The minimum absolute atomic E-state index is 0.00742. The van der Waals surface area contributed by atoms with E-state index in [-0.39, 0.29) is 24.9 Å². The molecular weight excluding hydrogens is 442 g/mol. The SMILES string of the molecule is CC1(NC(=O)c2cc(C(F)(F)F)cc(C(F)(F)F)c2)CC(c2ccccc2)CN1C(=O)O. The minimum Gasteiger partial charge on any atom is -0.465 e. The van der Waals surface area contributed by atoms with Gasteiger partial charge in [0, 0.05) is 18.0 Å². The van der Waals surface area contributed by atoms with Crippen LogP contribution >= 0.6 is 0 Å². The Kier molecular flexibility index (Phi) is 5.88. The van der Waals surface area contributed by atoms with Crippen LogP contribution in [0.4, 0.5) is 31.1 Å². The Morgan fingerprint density at radius 3 is 2.00 bits per heavy atom. The van der Waals surface area contributed by atoms with Crippen molar-refractivity contribution in [2.45, 2.75) is 37.3 Å². The molecule has 5 nitrogen and oxygen atoms in total. The van der Waals surface area contributed by atoms with Crippen LogP contribution < -0.4 is 5.32 Å². The van der Waals surface area contributed by atoms with Crippen LogP contribution in [0.3, 0.4) is 0 Å². The second-order valence-corrected chi connectivity index (χ2v) is 7.73. The summed E-state index contributed by atoms with van der Waals surface area (Å²) in [5.74, 6) is -1.58. The zero-order chi connectivity index (χ0) is 23.9. The van der Waals surface area contributed by atoms with Crippen LogP contribution in [-0.2, 0) is 12.4 Å². The maximum atomic E-state index is 13.1. The normalized spacial score (nSPS) is 21.5. The second kappa shape index (κ2) is 8.03. The third-order valence-electron chi connectivity index (χ3n) is 5.38. The molecule has 172 valence electrons. The van der Waals surface area contributed by atoms with Crippen LogP contribution in [0.1, 0.15) is 46.3 Å². The van der Waals surface area contributed by atoms with E-state index in [1.165, 1.54) is 6.92 Å². The molecule has 1 aliphatic heterocycles. The average Bonchev–Trinajstić information content (AvgIpc) is 3.04. The van der Waals surface area contributed by atoms with E-state index in [0.29, 0.717) is 12.1 Å². The summed E-state index contributed by atoms with van der Waals surface area (Å²) in [6, 6.07) is 9.32. The van der Waals surface area contributed by atoms with Gasteiger partial charge in [0.25, 0.3) is 5.91 Å². The first-order valence-corrected chi connectivity index (χ1v) is 9.38. The van der Waals surface area contributed by atoms with Gasteiger partial charge in [0.05, 0.1) is 11.1 Å². The summed E-state index contributed by atoms with van der Waals surface area (Å²) in [7, 11) is 0. The molecule has 3 rings (SSSR count). The number of amides is 2. The molecule has 11 heteroatoms. The van der Waals surface area contributed by atoms with Crippen molar-refractivity contribution in [3.05, 3.63) is 70.8 Å². The predicted molar refractivity (Wildman–Crippen MR) is 101 cm³/mol. The van der Waals surface area contributed by atoms with Gasteiger partial charge in [-0.25, -0.2) is 4.79 Å². The molecule has 0 aromatic heterocycles. The summed E-state index contributed by atoms with van der Waals surface area (Å²) in [4.78, 5) is 25.4. The number of likely N-dealkylation sites (tertiary alicyclic amines) is 1. The summed E-state index contributed by atoms with van der Waals surface area (Å²) < 4.78 is 78.6. The monoisotopic (exact) mass is 460 g/mol. The highest BCUT2D eigenvalue weighted by Crippen LogP contribution is 2.39. The molecule has 2 unspecified atom stereocenters. The molecule has 2 N–H and O–H groups in total. The summed E-state index contributed by atoms with van der Waals surface area (Å²) >= 11 is 0. The lowest BCUT2D eigenvalue weighted by Crippen LogP contribution is -2.56. The molecule has 1 fully saturated rings. The summed E-state index contributed by atoms with van der Waals surface area (Å²) in [6.45, 7) is 1.35. The van der Waals surface area contributed by atoms with Crippen molar-refractivity contribution >= 4 is 12.0 Å². The van der Waals surface area contributed by atoms with Gasteiger partial charge >= 0.3 is 18.4 Å². The molecule has 0 saturated carbocycles. The fourth-order valence-electron chi connectivity index (χ4n) is 3.84. The molecule has 0 spiro atoms. The zero-order valence-electron chi connectivity index (χ0n) is 16.6. The number of nitrogens with one attached hydrogen (secondary N) is 1. The maximum absolute atomic E-state index is 13.1. The number of benzene rings is 2. The Balaban J connectivity index is 1.95. The summed E-state index contributed by atoms with van der Waals surface area (Å²) in [5, 5.41) is 11.9. The first-order chi connectivity index (χ1) is 14.7. The van der Waals surface area contributed by atoms with Crippen LogP contribution in [0.25, 0.3) is 0 Å². The smallest absolute Gasteiger partial charge is 0.416 e. The maximum Gasteiger partial charge on any atom is 0.416 e. The topological polar surface area (TPSA) is 69.6 Å². The van der Waals surface area contributed by atoms with E-state index >= 15 is 0 Å². The Bertz CT molecular complexity index is 990. The van der Waals surface area contributed by atoms with Crippen LogP contribution in [-0.4, -0.2) is 34.2 Å². The first kappa shape index (κ1) is 23.4. The minimum atomic E-state index is -5.11. The number of carbonyl (C=O) groups excluding carboxylic acids is 1. The molecule has 0 bridgehead atoms. The number of halogens is 6. The van der Waals surface area contributed by atoms with Gasteiger partial charge in [0.2, 0.25) is 0 Å². The number of alkyl halides is 6. The highest BCUT2D eigenvalue weighted by molar-refractivity contribution is 5.95. The molecule has 1 aliphatic rings. The molecule has 2 aromatic carbocycles. The lowest BCUT2D eigenvalue weighted by atomic mass is 9.94. The van der Waals surface area contributed by atoms with Crippen LogP contribution in [0.15, 0.2) is 48.5 Å². The molecule has 0 radical (unpaired) electrons. The lowest BCUT2D eigenvalue weighted by molar-refractivity contribution is -0.143. The van der Waals surface area contributed by atoms with Crippen molar-refractivity contribution in [1.82, 2.24) is 10.2 Å². The van der Waals surface area contributed by atoms with Crippen molar-refractivity contribution < 1.29 is 41.0 Å². The lowest BCUT2D eigenvalue weighted by Gasteiger charge is -2.34. The van der Waals surface area contributed by atoms with E-state index in [9.17, 15) is 41.0 Å². The molecular formula is C21H18F6N2O3. The van der Waals surface area contributed by atoms with Crippen molar-refractivity contribution in [2.24, 2.45) is 0 Å². The van der Waals surface area contributed by atoms with E-state index in [1.54, 1.807) is 30.3 Å². The standard InChI is InChI=1S/C21H18F6N2O3/c1-19(10-14(11-29(19)18(31)32)12-5-3-2-4-6-12)28-17(30)13-7-15(20(22,23)24)9-16(8-13)21(25,26)27/h2-9,14H,10-11H2,1H3,(H,28,30)(H,31,32). The van der Waals surface area contributed by atoms with E-state index in [1.807, 2.05) is 0 Å². The molecule has 1 saturated heterocycles. The molecule has 0 aliphatic carbocycles. The van der Waals surface area contributed by atoms with Gasteiger partial charge < -0.3 is 10.4 Å². The highest BCUT2D eigenvalue weighted by atomic mass is 19.4. The molecule has 2 amide bonds. The van der Waals surface area contributed by atoms with Crippen molar-refractivity contribution in [3.8, 4) is 0 Å². The van der Waals surface area contributed by atoms with Gasteiger partial charge in [-0.3, -0.25) is 9.69 Å². The van der Waals surface area contributed by atoms with Crippen LogP contribution in [0.2, 0.25) is 0 Å². The molecule has 2 atom stereocenters. The van der Waals surface area contributed by atoms with E-state index in [0.717, 1.165) is 10.5 Å². The number of nitrogens with zero attached hydrogens (tertiary/aromatic N) is 1. The summed E-state index contributed by atoms with van der Waals surface area (Å²) in [6.07, 6.45) is -11.5. The number of rotatable bonds is 3. The number of hydrogen-bond donors (Lipinski definition) is 2. The number of carboxylic acid groups (broad SMARTS) is 1. The largest absolute Gasteiger partial charge is 0.465 e. The number of carbonyl (C=O) groups is 2. The van der Waals surface area contributed by atoms with Gasteiger partial charge in [0.1, 0.15) is 5.66 Å². The third-order valence-corrected chi connectivity index (χ3v) is 5.38. The predicted octanol–water partition coefficient (Wildman–Crippen LogP) is 5.34. The molecule has 32 heavy (non-hydrogen) atoms. The van der Waals surface area contributed by atoms with Gasteiger partial charge in [0.15, 0.2) is 0 Å². The van der Waals surface area contributed by atoms with Crippen molar-refractivity contribution in [3.63, 3.8) is 0 Å². The van der Waals surface area contributed by atoms with Gasteiger partial charge in [-0.2, -0.15) is 26.3 Å². The Labute approximate surface area is 178 Å². The van der Waals surface area contributed by atoms with E-state index in [4.69, 9.17) is 0 Å². The Hall–Kier alpha value is -3.24. The molecule has 2 aromatic rings. The van der Waals surface area contributed by atoms with Gasteiger partial charge in [-0.15, -0.1) is 0 Å². The second-order valence-electron chi connectivity index (χ2n) is 7.73. The first-order valence-electron chi connectivity index (χ1n) is 9.38. The fraction of sp³-hybridized carbons (Fsp3) is 0.333. The van der Waals surface area contributed by atoms with E-state index < -0.39 is 46.7 Å². The van der Waals surface area contributed by atoms with Gasteiger partial charge in [-0.1, -0.05) is 30.3 Å². The third kappa shape index (κ3) is 4.81.